The van der Waals surface area contributed by atoms with Crippen LogP contribution < -0.4 is 0 Å². The van der Waals surface area contributed by atoms with Crippen LogP contribution in [0.15, 0.2) is 42.5 Å². The maximum Gasteiger partial charge on any atom is -0.0163 e. The molecule has 63 valence electrons. The predicted molar refractivity (Wildman–Crippen MR) is 53.7 cm³/mol. The average molecular weight is 159 g/mol. The summed E-state index contributed by atoms with van der Waals surface area (Å²) in [6.07, 6.45) is 22.5. The number of allylic oxidation sites excluding steroid dienone is 8. The Balaban J connectivity index is 2.42. The maximum absolute atomic E-state index is 3.14. The zero-order valence-electron chi connectivity index (χ0n) is 7.37. The van der Waals surface area contributed by atoms with E-state index in [9.17, 15) is 0 Å². The van der Waals surface area contributed by atoms with Crippen molar-refractivity contribution in [2.24, 2.45) is 0 Å². The maximum atomic E-state index is 3.14. The Morgan fingerprint density at radius 1 is 0.917 bits per heavy atom. The minimum Gasteiger partial charge on any atom is -0.0845 e. The van der Waals surface area contributed by atoms with Crippen molar-refractivity contribution in [1.82, 2.24) is 0 Å². The van der Waals surface area contributed by atoms with Crippen molar-refractivity contribution >= 4 is 0 Å². The second-order valence-corrected chi connectivity index (χ2v) is 2.80. The Bertz CT molecular complexity index is 182. The highest BCUT2D eigenvalue weighted by molar-refractivity contribution is 5.06. The molecule has 12 heavy (non-hydrogen) atoms. The van der Waals surface area contributed by atoms with E-state index in [0.29, 0.717) is 0 Å². The highest BCUT2D eigenvalue weighted by Gasteiger charge is 1.80. The minimum atomic E-state index is 1.01. The first kappa shape index (κ1) is 9.05. The molecule has 0 aliphatic heterocycles. The van der Waals surface area contributed by atoms with E-state index in [4.69, 9.17) is 0 Å². The number of rotatable bonds is 0. The molecule has 0 nitrogen and oxygen atoms in total. The van der Waals surface area contributed by atoms with Gasteiger partial charge in [0.1, 0.15) is 0 Å². The predicted octanol–water partition coefficient (Wildman–Crippen LogP) is 3.59. The third-order valence-electron chi connectivity index (χ3n) is 1.71. The normalized spacial score (nSPS) is 29.3. The molecule has 1 aliphatic carbocycles. The van der Waals surface area contributed by atoms with Gasteiger partial charge in [-0.25, -0.2) is 0 Å². The molecule has 0 aromatic heterocycles. The van der Waals surface area contributed by atoms with Gasteiger partial charge in [0, 0.05) is 0 Å². The molecule has 0 bridgehead atoms. The molecule has 1 aliphatic rings. The van der Waals surface area contributed by atoms with E-state index in [1.807, 2.05) is 6.08 Å². The van der Waals surface area contributed by atoms with Crippen LogP contribution in [0.3, 0.4) is 0 Å². The van der Waals surface area contributed by atoms with E-state index < -0.39 is 0 Å². The molecule has 0 amide bonds. The van der Waals surface area contributed by atoms with Crippen LogP contribution in [0.25, 0.3) is 0 Å². The summed E-state index contributed by atoms with van der Waals surface area (Å²) in [5.74, 6) is 0. The third-order valence-corrected chi connectivity index (χ3v) is 1.71. The molecule has 0 aromatic rings. The average Bonchev–Trinajstić information content (AvgIpc) is 2.05. The second-order valence-electron chi connectivity index (χ2n) is 2.80. The molecule has 0 saturated heterocycles. The molecule has 0 unspecified atom stereocenters. The van der Waals surface area contributed by atoms with E-state index in [2.05, 4.69) is 42.5 Å². The Morgan fingerprint density at radius 2 is 1.83 bits per heavy atom. The summed E-state index contributed by atoms with van der Waals surface area (Å²) in [5, 5.41) is 0. The summed E-state index contributed by atoms with van der Waals surface area (Å²) in [5.41, 5.74) is 0. The van der Waals surface area contributed by atoms with Gasteiger partial charge >= 0.3 is 0 Å². The van der Waals surface area contributed by atoms with Crippen molar-refractivity contribution in [3.8, 4) is 0 Å². The fourth-order valence-corrected chi connectivity index (χ4v) is 1.04. The van der Waals surface area contributed by atoms with Crippen LogP contribution in [0.4, 0.5) is 0 Å². The molecule has 0 N–H and O–H groups in total. The Morgan fingerprint density at radius 3 is 2.83 bits per heavy atom. The van der Waals surface area contributed by atoms with E-state index in [-0.39, 0.29) is 0 Å². The van der Waals surface area contributed by atoms with Gasteiger partial charge in [0.05, 0.1) is 0 Å². The third kappa shape index (κ3) is 4.73. The fourth-order valence-electron chi connectivity index (χ4n) is 1.04. The van der Waals surface area contributed by atoms with Crippen molar-refractivity contribution in [2.75, 3.05) is 0 Å². The van der Waals surface area contributed by atoms with Gasteiger partial charge in [0.2, 0.25) is 0 Å². The van der Waals surface area contributed by atoms with Gasteiger partial charge in [-0.1, -0.05) is 42.5 Å². The Hall–Kier alpha value is -1.04. The molecule has 0 aromatic carbocycles. The Kier molecular flexibility index (Phi) is 5.02. The summed E-state index contributed by atoms with van der Waals surface area (Å²) in [6, 6.07) is 0. The smallest absolute Gasteiger partial charge is 0.0163 e. The van der Waals surface area contributed by atoms with Gasteiger partial charge < -0.3 is 0 Å². The molecule has 0 heterocycles. The van der Waals surface area contributed by atoms with Gasteiger partial charge in [-0.2, -0.15) is 0 Å². The lowest BCUT2D eigenvalue weighted by Gasteiger charge is -1.89. The van der Waals surface area contributed by atoms with Crippen LogP contribution >= 0.6 is 0 Å². The van der Waals surface area contributed by atoms with E-state index >= 15 is 0 Å². The summed E-state index contributed by atoms with van der Waals surface area (Å²) in [7, 11) is 0. The second kappa shape index (κ2) is 6.66. The first-order valence-electron chi connectivity index (χ1n) is 4.54. The number of hydrogen-bond donors (Lipinski definition) is 0. The lowest BCUT2D eigenvalue weighted by molar-refractivity contribution is 0.866. The van der Waals surface area contributed by atoms with Gasteiger partial charge in [-0.05, 0) is 31.8 Å². The summed E-state index contributed by atoms with van der Waals surface area (Å²) >= 11 is 0. The van der Waals surface area contributed by atoms with E-state index in [1.165, 1.54) is 12.8 Å². The molecule has 0 saturated carbocycles. The summed E-state index contributed by atoms with van der Waals surface area (Å²) in [4.78, 5) is 0. The molecular weight excluding hydrogens is 144 g/mol. The van der Waals surface area contributed by atoms with Crippen LogP contribution in [0.1, 0.15) is 25.7 Å². The zero-order valence-corrected chi connectivity index (χ0v) is 7.37. The SMILES string of the molecule is [C]1=C\CCC/C=C/C=C\C/C=C/1. The molecular formula is C12H15. The quantitative estimate of drug-likeness (QED) is 0.506. The van der Waals surface area contributed by atoms with Gasteiger partial charge in [0.15, 0.2) is 0 Å². The minimum absolute atomic E-state index is 1.01. The Labute approximate surface area is 75.0 Å². The van der Waals surface area contributed by atoms with Crippen LogP contribution in [0, 0.1) is 6.08 Å². The van der Waals surface area contributed by atoms with Gasteiger partial charge in [-0.3, -0.25) is 0 Å². The number of hydrogen-bond acceptors (Lipinski definition) is 0. The van der Waals surface area contributed by atoms with Crippen LogP contribution in [0.5, 0.6) is 0 Å². The van der Waals surface area contributed by atoms with Crippen molar-refractivity contribution in [3.05, 3.63) is 48.6 Å². The van der Waals surface area contributed by atoms with E-state index in [0.717, 1.165) is 12.8 Å². The standard InChI is InChI=1S/C12H15/c1-2-4-6-8-10-12-11-9-7-5-3-1/h1-4,7,9,12H,5-6,8,10H2/b3-1-,4-2+,9-7+,12-11?. The fraction of sp³-hybridized carbons (Fsp3) is 0.333. The zero-order chi connectivity index (χ0) is 8.49. The van der Waals surface area contributed by atoms with Crippen LogP contribution in [-0.2, 0) is 0 Å². The molecule has 0 fully saturated rings. The topological polar surface area (TPSA) is 0 Å². The monoisotopic (exact) mass is 159 g/mol. The van der Waals surface area contributed by atoms with E-state index in [1.54, 1.807) is 0 Å². The summed E-state index contributed by atoms with van der Waals surface area (Å²) < 4.78 is 0. The lowest BCUT2D eigenvalue weighted by atomic mass is 10.2. The molecule has 1 radical (unpaired) electrons. The lowest BCUT2D eigenvalue weighted by Crippen LogP contribution is -1.69. The first-order valence-corrected chi connectivity index (χ1v) is 4.54. The van der Waals surface area contributed by atoms with Crippen LogP contribution in [0.2, 0.25) is 0 Å². The largest absolute Gasteiger partial charge is 0.0845 e. The molecule has 0 atom stereocenters. The van der Waals surface area contributed by atoms with Gasteiger partial charge in [0.25, 0.3) is 0 Å². The highest BCUT2D eigenvalue weighted by atomic mass is 13.9. The molecule has 0 heteroatoms. The molecule has 1 rings (SSSR count). The molecule has 0 spiro atoms. The highest BCUT2D eigenvalue weighted by Crippen LogP contribution is 1.99. The van der Waals surface area contributed by atoms with Crippen molar-refractivity contribution < 1.29 is 0 Å². The van der Waals surface area contributed by atoms with Crippen LogP contribution in [-0.4, -0.2) is 0 Å². The van der Waals surface area contributed by atoms with Gasteiger partial charge in [-0.15, -0.1) is 0 Å². The first-order chi connectivity index (χ1) is 6.00. The van der Waals surface area contributed by atoms with Crippen molar-refractivity contribution in [1.29, 1.82) is 0 Å². The van der Waals surface area contributed by atoms with Crippen molar-refractivity contribution in [2.45, 2.75) is 25.7 Å². The van der Waals surface area contributed by atoms with Crippen molar-refractivity contribution in [3.63, 3.8) is 0 Å². The summed E-state index contributed by atoms with van der Waals surface area (Å²) in [6.45, 7) is 0.